The molecule has 1 fully saturated rings. The summed E-state index contributed by atoms with van der Waals surface area (Å²) in [7, 11) is 1.58. The van der Waals surface area contributed by atoms with E-state index >= 15 is 0 Å². The summed E-state index contributed by atoms with van der Waals surface area (Å²) in [6, 6.07) is 9.05. The predicted octanol–water partition coefficient (Wildman–Crippen LogP) is 6.93. The van der Waals surface area contributed by atoms with Crippen molar-refractivity contribution in [1.82, 2.24) is 9.66 Å². The van der Waals surface area contributed by atoms with Gasteiger partial charge in [0, 0.05) is 27.0 Å². The van der Waals surface area contributed by atoms with Crippen molar-refractivity contribution in [2.24, 2.45) is 5.10 Å². The van der Waals surface area contributed by atoms with Crippen LogP contribution in [0.25, 0.3) is 10.9 Å². The van der Waals surface area contributed by atoms with Gasteiger partial charge in [-0.1, -0.05) is 53.7 Å². The molecule has 3 aromatic rings. The standard InChI is InChI=1S/C26H29BrClN3O3/c1-4-16(2)34-24-18(12-20(28)14-23(24)33-3)15-29-31-25(17-8-6-5-7-9-17)30-22-11-10-19(27)13-21(22)26(31)32/h10-17H,4-9H2,1-3H3/t16-/m0/s1. The second-order valence-corrected chi connectivity index (χ2v) is 10.0. The van der Waals surface area contributed by atoms with E-state index in [-0.39, 0.29) is 17.6 Å². The highest BCUT2D eigenvalue weighted by atomic mass is 79.9. The molecule has 0 radical (unpaired) electrons. The SMILES string of the molecule is CC[C@H](C)Oc1c(C=Nn2c(C3CCCCC3)nc3ccc(Br)cc3c2=O)cc(Cl)cc1OC. The molecule has 180 valence electrons. The lowest BCUT2D eigenvalue weighted by Gasteiger charge is -2.23. The highest BCUT2D eigenvalue weighted by Crippen LogP contribution is 2.35. The van der Waals surface area contributed by atoms with Crippen LogP contribution in [0.15, 0.2) is 44.7 Å². The summed E-state index contributed by atoms with van der Waals surface area (Å²) in [5.74, 6) is 1.97. The number of halogens is 2. The largest absolute Gasteiger partial charge is 0.493 e. The van der Waals surface area contributed by atoms with Crippen LogP contribution in [0.4, 0.5) is 0 Å². The highest BCUT2D eigenvalue weighted by molar-refractivity contribution is 9.10. The van der Waals surface area contributed by atoms with Crippen molar-refractivity contribution in [3.63, 3.8) is 0 Å². The summed E-state index contributed by atoms with van der Waals surface area (Å²) in [6.07, 6.45) is 7.88. The maximum atomic E-state index is 13.6. The van der Waals surface area contributed by atoms with Gasteiger partial charge in [-0.15, -0.1) is 0 Å². The Balaban J connectivity index is 1.87. The monoisotopic (exact) mass is 545 g/mol. The van der Waals surface area contributed by atoms with Gasteiger partial charge in [0.2, 0.25) is 0 Å². The van der Waals surface area contributed by atoms with Gasteiger partial charge in [0.15, 0.2) is 11.5 Å². The number of aromatic nitrogens is 2. The van der Waals surface area contributed by atoms with E-state index in [0.29, 0.717) is 38.8 Å². The molecule has 0 saturated heterocycles. The van der Waals surface area contributed by atoms with Crippen molar-refractivity contribution in [2.45, 2.75) is 64.4 Å². The Kier molecular flexibility index (Phi) is 7.94. The van der Waals surface area contributed by atoms with Crippen LogP contribution in [0.1, 0.15) is 69.7 Å². The van der Waals surface area contributed by atoms with Crippen LogP contribution in [0.2, 0.25) is 5.02 Å². The Labute approximate surface area is 213 Å². The molecule has 34 heavy (non-hydrogen) atoms. The summed E-state index contributed by atoms with van der Waals surface area (Å²) in [5.41, 5.74) is 1.13. The Bertz CT molecular complexity index is 1270. The molecule has 1 aliphatic carbocycles. The van der Waals surface area contributed by atoms with Gasteiger partial charge >= 0.3 is 0 Å². The molecule has 1 saturated carbocycles. The number of methoxy groups -OCH3 is 1. The first-order valence-electron chi connectivity index (χ1n) is 11.7. The summed E-state index contributed by atoms with van der Waals surface area (Å²) in [4.78, 5) is 18.5. The molecule has 8 heteroatoms. The molecule has 4 rings (SSSR count). The molecular formula is C26H29BrClN3O3. The lowest BCUT2D eigenvalue weighted by atomic mass is 9.88. The highest BCUT2D eigenvalue weighted by Gasteiger charge is 2.23. The molecule has 1 aromatic heterocycles. The molecule has 1 atom stereocenters. The van der Waals surface area contributed by atoms with Crippen molar-refractivity contribution in [3.8, 4) is 11.5 Å². The first-order valence-corrected chi connectivity index (χ1v) is 12.9. The third-order valence-corrected chi connectivity index (χ3v) is 6.99. The number of rotatable bonds is 7. The van der Waals surface area contributed by atoms with Crippen LogP contribution in [-0.2, 0) is 0 Å². The fraction of sp³-hybridized carbons (Fsp3) is 0.423. The molecule has 0 amide bonds. The van der Waals surface area contributed by atoms with E-state index in [1.54, 1.807) is 31.5 Å². The van der Waals surface area contributed by atoms with E-state index in [0.717, 1.165) is 36.6 Å². The maximum Gasteiger partial charge on any atom is 0.282 e. The van der Waals surface area contributed by atoms with Crippen LogP contribution in [0.3, 0.4) is 0 Å². The Morgan fingerprint density at radius 1 is 1.26 bits per heavy atom. The number of hydrogen-bond acceptors (Lipinski definition) is 5. The number of nitrogens with zero attached hydrogens (tertiary/aromatic N) is 3. The summed E-state index contributed by atoms with van der Waals surface area (Å²) >= 11 is 9.81. The van der Waals surface area contributed by atoms with Crippen molar-refractivity contribution >= 4 is 44.6 Å². The predicted molar refractivity (Wildman–Crippen MR) is 141 cm³/mol. The van der Waals surface area contributed by atoms with Gasteiger partial charge in [-0.05, 0) is 50.5 Å². The molecule has 0 unspecified atom stereocenters. The molecule has 0 spiro atoms. The number of ether oxygens (including phenoxy) is 2. The zero-order valence-electron chi connectivity index (χ0n) is 19.7. The van der Waals surface area contributed by atoms with Crippen LogP contribution >= 0.6 is 27.5 Å². The molecule has 0 N–H and O–H groups in total. The normalized spacial score (nSPS) is 15.7. The third kappa shape index (κ3) is 5.31. The number of hydrogen-bond donors (Lipinski definition) is 0. The van der Waals surface area contributed by atoms with Crippen LogP contribution < -0.4 is 15.0 Å². The minimum absolute atomic E-state index is 0.0255. The van der Waals surface area contributed by atoms with E-state index < -0.39 is 0 Å². The van der Waals surface area contributed by atoms with E-state index in [9.17, 15) is 4.79 Å². The molecule has 0 aliphatic heterocycles. The van der Waals surface area contributed by atoms with Crippen molar-refractivity contribution in [2.75, 3.05) is 7.11 Å². The fourth-order valence-corrected chi connectivity index (χ4v) is 4.85. The van der Waals surface area contributed by atoms with Gasteiger partial charge in [-0.3, -0.25) is 4.79 Å². The second-order valence-electron chi connectivity index (χ2n) is 8.69. The molecule has 1 aliphatic rings. The Morgan fingerprint density at radius 2 is 2.03 bits per heavy atom. The topological polar surface area (TPSA) is 65.7 Å². The number of benzene rings is 2. The smallest absolute Gasteiger partial charge is 0.282 e. The lowest BCUT2D eigenvalue weighted by molar-refractivity contribution is 0.207. The number of fused-ring (bicyclic) bond motifs is 1. The van der Waals surface area contributed by atoms with Crippen LogP contribution in [-0.4, -0.2) is 29.1 Å². The average Bonchev–Trinajstić information content (AvgIpc) is 2.85. The van der Waals surface area contributed by atoms with Gasteiger partial charge in [0.1, 0.15) is 5.82 Å². The van der Waals surface area contributed by atoms with Gasteiger partial charge < -0.3 is 9.47 Å². The quantitative estimate of drug-likeness (QED) is 0.301. The molecule has 1 heterocycles. The van der Waals surface area contributed by atoms with E-state index in [4.69, 9.17) is 26.1 Å². The minimum atomic E-state index is -0.193. The molecule has 6 nitrogen and oxygen atoms in total. The van der Waals surface area contributed by atoms with Crippen molar-refractivity contribution in [3.05, 3.63) is 61.6 Å². The van der Waals surface area contributed by atoms with Gasteiger partial charge in [0.25, 0.3) is 5.56 Å². The Morgan fingerprint density at radius 3 is 2.74 bits per heavy atom. The summed E-state index contributed by atoms with van der Waals surface area (Å²) < 4.78 is 13.9. The first kappa shape index (κ1) is 24.7. The zero-order chi connectivity index (χ0) is 24.2. The van der Waals surface area contributed by atoms with E-state index in [1.807, 2.05) is 19.1 Å². The van der Waals surface area contributed by atoms with E-state index in [1.165, 1.54) is 11.1 Å². The Hall–Kier alpha value is -2.38. The molecule has 2 aromatic carbocycles. The van der Waals surface area contributed by atoms with Crippen LogP contribution in [0.5, 0.6) is 11.5 Å². The van der Waals surface area contributed by atoms with Crippen LogP contribution in [0, 0.1) is 0 Å². The summed E-state index contributed by atoms with van der Waals surface area (Å²) in [6.45, 7) is 4.04. The first-order chi connectivity index (χ1) is 16.4. The second kappa shape index (κ2) is 10.9. The zero-order valence-corrected chi connectivity index (χ0v) is 22.0. The van der Waals surface area contributed by atoms with Crippen molar-refractivity contribution in [1.29, 1.82) is 0 Å². The molecule has 0 bridgehead atoms. The van der Waals surface area contributed by atoms with E-state index in [2.05, 4.69) is 28.0 Å². The lowest BCUT2D eigenvalue weighted by Crippen LogP contribution is -2.25. The van der Waals surface area contributed by atoms with Gasteiger partial charge in [-0.2, -0.15) is 9.78 Å². The average molecular weight is 547 g/mol. The van der Waals surface area contributed by atoms with Gasteiger partial charge in [0.05, 0.1) is 30.3 Å². The van der Waals surface area contributed by atoms with Gasteiger partial charge in [-0.25, -0.2) is 4.98 Å². The fourth-order valence-electron chi connectivity index (χ4n) is 4.27. The minimum Gasteiger partial charge on any atom is -0.493 e. The molecular weight excluding hydrogens is 518 g/mol. The summed E-state index contributed by atoms with van der Waals surface area (Å²) in [5, 5.41) is 5.66. The van der Waals surface area contributed by atoms with Crippen molar-refractivity contribution < 1.29 is 9.47 Å². The maximum absolute atomic E-state index is 13.6. The third-order valence-electron chi connectivity index (χ3n) is 6.28.